The van der Waals surface area contributed by atoms with Crippen molar-refractivity contribution < 1.29 is 13.2 Å². The van der Waals surface area contributed by atoms with Gasteiger partial charge < -0.3 is 5.32 Å². The number of nitrogens with one attached hydrogen (secondary N) is 1. The quantitative estimate of drug-likeness (QED) is 0.830. The summed E-state index contributed by atoms with van der Waals surface area (Å²) in [6.45, 7) is 7.92. The van der Waals surface area contributed by atoms with E-state index in [1.165, 1.54) is 6.42 Å². The molecule has 1 aromatic carbocycles. The highest BCUT2D eigenvalue weighted by Crippen LogP contribution is 2.62. The number of piperidine rings is 1. The Kier molecular flexibility index (Phi) is 4.86. The van der Waals surface area contributed by atoms with E-state index in [4.69, 9.17) is 0 Å². The van der Waals surface area contributed by atoms with Crippen molar-refractivity contribution in [1.82, 2.24) is 9.62 Å². The molecule has 3 aliphatic rings. The van der Waals surface area contributed by atoms with Crippen molar-refractivity contribution in [2.24, 2.45) is 16.7 Å². The van der Waals surface area contributed by atoms with Crippen molar-refractivity contribution in [3.05, 3.63) is 29.8 Å². The third-order valence-corrected chi connectivity index (χ3v) is 9.49. The lowest BCUT2D eigenvalue weighted by Gasteiger charge is -2.43. The van der Waals surface area contributed by atoms with Crippen molar-refractivity contribution in [2.45, 2.75) is 70.2 Å². The minimum Gasteiger partial charge on any atom is -0.348 e. The van der Waals surface area contributed by atoms with Crippen LogP contribution in [0, 0.1) is 16.7 Å². The second-order valence-electron chi connectivity index (χ2n) is 9.81. The normalized spacial score (nSPS) is 32.4. The van der Waals surface area contributed by atoms with Crippen LogP contribution in [0.2, 0.25) is 0 Å². The first-order valence-electron chi connectivity index (χ1n) is 10.6. The summed E-state index contributed by atoms with van der Waals surface area (Å²) in [5.74, 6) is 0.483. The molecule has 0 spiro atoms. The zero-order valence-corrected chi connectivity index (χ0v) is 18.0. The fourth-order valence-electron chi connectivity index (χ4n) is 5.93. The first kappa shape index (κ1) is 19.9. The highest BCUT2D eigenvalue weighted by Gasteiger charge is 2.59. The van der Waals surface area contributed by atoms with Crippen LogP contribution in [0.25, 0.3) is 0 Å². The van der Waals surface area contributed by atoms with E-state index in [-0.39, 0.29) is 27.7 Å². The van der Waals surface area contributed by atoms with Crippen LogP contribution in [0.3, 0.4) is 0 Å². The second kappa shape index (κ2) is 6.84. The van der Waals surface area contributed by atoms with Crippen LogP contribution < -0.4 is 5.32 Å². The number of carbonyl (C=O) groups excluding carboxylic acids is 1. The topological polar surface area (TPSA) is 66.5 Å². The number of rotatable bonds is 4. The van der Waals surface area contributed by atoms with Gasteiger partial charge in [0.2, 0.25) is 10.0 Å². The monoisotopic (exact) mass is 404 g/mol. The number of benzene rings is 1. The predicted molar refractivity (Wildman–Crippen MR) is 110 cm³/mol. The van der Waals surface area contributed by atoms with Gasteiger partial charge in [0.15, 0.2) is 0 Å². The molecule has 0 radical (unpaired) electrons. The molecule has 1 heterocycles. The zero-order chi connectivity index (χ0) is 20.2. The van der Waals surface area contributed by atoms with Gasteiger partial charge in [-0.05, 0) is 67.1 Å². The van der Waals surface area contributed by atoms with Gasteiger partial charge in [-0.1, -0.05) is 33.3 Å². The highest BCUT2D eigenvalue weighted by molar-refractivity contribution is 7.89. The smallest absolute Gasteiger partial charge is 0.251 e. The number of fused-ring (bicyclic) bond motifs is 2. The van der Waals surface area contributed by atoms with Crippen LogP contribution in [0.4, 0.5) is 0 Å². The summed E-state index contributed by atoms with van der Waals surface area (Å²) in [6, 6.07) is 6.66. The average molecular weight is 405 g/mol. The summed E-state index contributed by atoms with van der Waals surface area (Å²) in [6.07, 6.45) is 6.42. The SMILES string of the molecule is CC12CCC(C1)C(C)(C)C2NC(=O)c1cccc(S(=O)(=O)N2CCCCC2)c1. The van der Waals surface area contributed by atoms with Gasteiger partial charge in [0.05, 0.1) is 4.90 Å². The molecular weight excluding hydrogens is 372 g/mol. The minimum absolute atomic E-state index is 0.0696. The van der Waals surface area contributed by atoms with Gasteiger partial charge in [-0.15, -0.1) is 0 Å². The summed E-state index contributed by atoms with van der Waals surface area (Å²) in [5.41, 5.74) is 0.641. The van der Waals surface area contributed by atoms with Crippen LogP contribution in [-0.2, 0) is 10.0 Å². The second-order valence-corrected chi connectivity index (χ2v) is 11.8. The molecule has 3 unspecified atom stereocenters. The molecule has 1 N–H and O–H groups in total. The Labute approximate surface area is 168 Å². The molecule has 3 atom stereocenters. The molecule has 2 bridgehead atoms. The van der Waals surface area contributed by atoms with Gasteiger partial charge in [-0.3, -0.25) is 4.79 Å². The fraction of sp³-hybridized carbons (Fsp3) is 0.682. The third kappa shape index (κ3) is 3.18. The maximum absolute atomic E-state index is 13.0. The predicted octanol–water partition coefficient (Wildman–Crippen LogP) is 3.81. The molecule has 2 aliphatic carbocycles. The molecule has 3 fully saturated rings. The Hall–Kier alpha value is -1.40. The van der Waals surface area contributed by atoms with E-state index in [0.717, 1.165) is 32.1 Å². The Morgan fingerprint density at radius 3 is 2.50 bits per heavy atom. The highest BCUT2D eigenvalue weighted by atomic mass is 32.2. The summed E-state index contributed by atoms with van der Waals surface area (Å²) in [7, 11) is -3.54. The number of sulfonamides is 1. The van der Waals surface area contributed by atoms with E-state index in [1.807, 2.05) is 0 Å². The average Bonchev–Trinajstić information content (AvgIpc) is 3.17. The van der Waals surface area contributed by atoms with Crippen LogP contribution in [-0.4, -0.2) is 37.8 Å². The molecule has 154 valence electrons. The van der Waals surface area contributed by atoms with E-state index in [9.17, 15) is 13.2 Å². The zero-order valence-electron chi connectivity index (χ0n) is 17.2. The largest absolute Gasteiger partial charge is 0.348 e. The molecule has 6 heteroatoms. The molecule has 1 aromatic rings. The molecule has 28 heavy (non-hydrogen) atoms. The van der Waals surface area contributed by atoms with Gasteiger partial charge in [0, 0.05) is 24.7 Å². The lowest BCUT2D eigenvalue weighted by Crippen LogP contribution is -2.52. The Morgan fingerprint density at radius 2 is 1.86 bits per heavy atom. The minimum atomic E-state index is -3.54. The van der Waals surface area contributed by atoms with Crippen LogP contribution in [0.15, 0.2) is 29.2 Å². The molecule has 4 rings (SSSR count). The van der Waals surface area contributed by atoms with Crippen LogP contribution >= 0.6 is 0 Å². The van der Waals surface area contributed by atoms with E-state index in [0.29, 0.717) is 24.6 Å². The lowest BCUT2D eigenvalue weighted by atomic mass is 9.68. The molecule has 5 nitrogen and oxygen atoms in total. The number of hydrogen-bond acceptors (Lipinski definition) is 3. The number of hydrogen-bond donors (Lipinski definition) is 1. The number of carbonyl (C=O) groups is 1. The summed E-state index contributed by atoms with van der Waals surface area (Å²) in [4.78, 5) is 13.3. The van der Waals surface area contributed by atoms with Crippen LogP contribution in [0.1, 0.15) is 69.7 Å². The van der Waals surface area contributed by atoms with Crippen molar-refractivity contribution in [1.29, 1.82) is 0 Å². The fourth-order valence-corrected chi connectivity index (χ4v) is 7.49. The van der Waals surface area contributed by atoms with Gasteiger partial charge in [-0.2, -0.15) is 4.31 Å². The number of amides is 1. The lowest BCUT2D eigenvalue weighted by molar-refractivity contribution is 0.0737. The van der Waals surface area contributed by atoms with Gasteiger partial charge in [0.25, 0.3) is 5.91 Å². The maximum atomic E-state index is 13.0. The Morgan fingerprint density at radius 1 is 1.14 bits per heavy atom. The van der Waals surface area contributed by atoms with Crippen molar-refractivity contribution in [3.63, 3.8) is 0 Å². The molecule has 1 aliphatic heterocycles. The van der Waals surface area contributed by atoms with Gasteiger partial charge >= 0.3 is 0 Å². The van der Waals surface area contributed by atoms with E-state index >= 15 is 0 Å². The standard InChI is InChI=1S/C22H32N2O3S/c1-21(2)17-10-11-22(3,15-17)20(21)23-19(25)16-8-7-9-18(14-16)28(26,27)24-12-5-4-6-13-24/h7-9,14,17,20H,4-6,10-13,15H2,1-3H3,(H,23,25). The molecule has 1 saturated heterocycles. The summed E-state index contributed by atoms with van der Waals surface area (Å²) < 4.78 is 27.5. The molecule has 0 aromatic heterocycles. The third-order valence-electron chi connectivity index (χ3n) is 7.59. The first-order chi connectivity index (χ1) is 13.1. The Bertz CT molecular complexity index is 869. The van der Waals surface area contributed by atoms with Gasteiger partial charge in [0.1, 0.15) is 0 Å². The maximum Gasteiger partial charge on any atom is 0.251 e. The van der Waals surface area contributed by atoms with Crippen LogP contribution in [0.5, 0.6) is 0 Å². The first-order valence-corrected chi connectivity index (χ1v) is 12.0. The molecule has 1 amide bonds. The summed E-state index contributed by atoms with van der Waals surface area (Å²) >= 11 is 0. The van der Waals surface area contributed by atoms with Gasteiger partial charge in [-0.25, -0.2) is 8.42 Å². The Balaban J connectivity index is 1.55. The van der Waals surface area contributed by atoms with Crippen molar-refractivity contribution in [3.8, 4) is 0 Å². The van der Waals surface area contributed by atoms with E-state index in [1.54, 1.807) is 28.6 Å². The molecular formula is C22H32N2O3S. The van der Waals surface area contributed by atoms with E-state index in [2.05, 4.69) is 26.1 Å². The van der Waals surface area contributed by atoms with Crippen molar-refractivity contribution in [2.75, 3.05) is 13.1 Å². The number of nitrogens with zero attached hydrogens (tertiary/aromatic N) is 1. The van der Waals surface area contributed by atoms with E-state index < -0.39 is 10.0 Å². The molecule has 2 saturated carbocycles. The summed E-state index contributed by atoms with van der Waals surface area (Å²) in [5, 5.41) is 3.27. The van der Waals surface area contributed by atoms with Crippen molar-refractivity contribution >= 4 is 15.9 Å².